The van der Waals surface area contributed by atoms with Crippen molar-refractivity contribution in [1.82, 2.24) is 20.2 Å². The number of methoxy groups -OCH3 is 2. The van der Waals surface area contributed by atoms with Gasteiger partial charge in [0.05, 0.1) is 32.2 Å². The molecule has 3 aromatic carbocycles. The number of hydrazone groups is 1. The third kappa shape index (κ3) is 6.33. The van der Waals surface area contributed by atoms with Crippen LogP contribution in [0, 0.1) is 0 Å². The first kappa shape index (κ1) is 26.7. The topological polar surface area (TPSA) is 103 Å². The van der Waals surface area contributed by atoms with E-state index in [1.165, 1.54) is 18.0 Å². The Morgan fingerprint density at radius 3 is 2.74 bits per heavy atom. The number of nitrogens with one attached hydrogen (secondary N) is 2. The largest absolute Gasteiger partial charge is 0.497 e. The monoisotopic (exact) mass is 530 g/mol. The highest BCUT2D eigenvalue weighted by atomic mass is 32.2. The number of hydrogen-bond donors (Lipinski definition) is 2. The van der Waals surface area contributed by atoms with Crippen LogP contribution in [-0.4, -0.2) is 46.4 Å². The van der Waals surface area contributed by atoms with Crippen LogP contribution in [0.2, 0.25) is 0 Å². The van der Waals surface area contributed by atoms with Crippen LogP contribution in [0.15, 0.2) is 83.6 Å². The third-order valence-corrected chi connectivity index (χ3v) is 6.88. The van der Waals surface area contributed by atoms with Gasteiger partial charge in [-0.05, 0) is 30.5 Å². The van der Waals surface area contributed by atoms with E-state index in [1.807, 2.05) is 28.8 Å². The molecule has 0 saturated carbocycles. The van der Waals surface area contributed by atoms with Crippen molar-refractivity contribution in [2.24, 2.45) is 5.10 Å². The maximum absolute atomic E-state index is 12.7. The molecule has 0 radical (unpaired) electrons. The molecule has 4 rings (SSSR count). The predicted molar refractivity (Wildman–Crippen MR) is 152 cm³/mol. The molecule has 38 heavy (non-hydrogen) atoms. The third-order valence-electron chi connectivity index (χ3n) is 5.80. The lowest BCUT2D eigenvalue weighted by atomic mass is 10.1. The molecule has 0 fully saturated rings. The zero-order valence-electron chi connectivity index (χ0n) is 21.5. The molecule has 0 aliphatic heterocycles. The summed E-state index contributed by atoms with van der Waals surface area (Å²) in [5, 5.41) is 18.7. The minimum atomic E-state index is -0.462. The van der Waals surface area contributed by atoms with Crippen LogP contribution in [0.4, 0.5) is 5.69 Å². The van der Waals surface area contributed by atoms with Gasteiger partial charge in [0.25, 0.3) is 5.91 Å². The number of allylic oxidation sites excluding steroid dienone is 1. The Labute approximate surface area is 225 Å². The molecule has 196 valence electrons. The number of aromatic nitrogens is 3. The molecule has 2 N–H and O–H groups in total. The van der Waals surface area contributed by atoms with Crippen LogP contribution in [0.25, 0.3) is 10.8 Å². The molecule has 0 aliphatic rings. The summed E-state index contributed by atoms with van der Waals surface area (Å²) in [6.45, 7) is 6.65. The van der Waals surface area contributed by atoms with Gasteiger partial charge in [-0.3, -0.25) is 4.79 Å². The molecule has 0 spiro atoms. The minimum absolute atomic E-state index is 0.262. The number of benzene rings is 3. The number of rotatable bonds is 12. The lowest BCUT2D eigenvalue weighted by Crippen LogP contribution is -2.27. The molecule has 1 amide bonds. The van der Waals surface area contributed by atoms with Crippen molar-refractivity contribution < 1.29 is 14.3 Å². The van der Waals surface area contributed by atoms with Crippen molar-refractivity contribution >= 4 is 40.3 Å². The van der Waals surface area contributed by atoms with Gasteiger partial charge in [-0.1, -0.05) is 54.2 Å². The highest BCUT2D eigenvalue weighted by Gasteiger charge is 2.20. The Morgan fingerprint density at radius 2 is 1.95 bits per heavy atom. The SMILES string of the molecule is C=CCn1c(CNc2cccc3ccccc23)nnc1SC(C)C(=O)N/N=C/c1ccc(OC)cc1OC. The summed E-state index contributed by atoms with van der Waals surface area (Å²) in [5.74, 6) is 1.75. The molecule has 0 saturated heterocycles. The molecule has 1 heterocycles. The van der Waals surface area contributed by atoms with Gasteiger partial charge < -0.3 is 19.4 Å². The first-order valence-electron chi connectivity index (χ1n) is 12.0. The summed E-state index contributed by atoms with van der Waals surface area (Å²) < 4.78 is 12.5. The van der Waals surface area contributed by atoms with E-state index in [1.54, 1.807) is 45.4 Å². The van der Waals surface area contributed by atoms with Gasteiger partial charge in [-0.15, -0.1) is 16.8 Å². The number of thioether (sulfide) groups is 1. The van der Waals surface area contributed by atoms with E-state index < -0.39 is 5.25 Å². The first-order chi connectivity index (χ1) is 18.5. The second-order valence-corrected chi connectivity index (χ2v) is 9.59. The van der Waals surface area contributed by atoms with Crippen LogP contribution < -0.4 is 20.2 Å². The van der Waals surface area contributed by atoms with Gasteiger partial charge in [-0.25, -0.2) is 5.43 Å². The molecule has 10 heteroatoms. The van der Waals surface area contributed by atoms with E-state index in [0.29, 0.717) is 35.3 Å². The lowest BCUT2D eigenvalue weighted by molar-refractivity contribution is -0.120. The summed E-state index contributed by atoms with van der Waals surface area (Å²) in [7, 11) is 3.15. The molecule has 9 nitrogen and oxygen atoms in total. The lowest BCUT2D eigenvalue weighted by Gasteiger charge is -2.13. The van der Waals surface area contributed by atoms with Crippen LogP contribution in [-0.2, 0) is 17.9 Å². The molecule has 0 aliphatic carbocycles. The second-order valence-electron chi connectivity index (χ2n) is 8.28. The van der Waals surface area contributed by atoms with Gasteiger partial charge in [0, 0.05) is 29.2 Å². The molecule has 1 atom stereocenters. The fourth-order valence-corrected chi connectivity index (χ4v) is 4.67. The number of amides is 1. The van der Waals surface area contributed by atoms with Crippen molar-refractivity contribution in [2.45, 2.75) is 30.4 Å². The van der Waals surface area contributed by atoms with Crippen LogP contribution in [0.3, 0.4) is 0 Å². The average molecular weight is 531 g/mol. The first-order valence-corrected chi connectivity index (χ1v) is 12.9. The maximum Gasteiger partial charge on any atom is 0.253 e. The Morgan fingerprint density at radius 1 is 1.13 bits per heavy atom. The quantitative estimate of drug-likeness (QED) is 0.117. The molecular formula is C28H30N6O3S. The molecule has 1 unspecified atom stereocenters. The van der Waals surface area contributed by atoms with Crippen LogP contribution >= 0.6 is 11.8 Å². The fourth-order valence-electron chi connectivity index (χ4n) is 3.80. The minimum Gasteiger partial charge on any atom is -0.497 e. The van der Waals surface area contributed by atoms with Gasteiger partial charge >= 0.3 is 0 Å². The zero-order chi connectivity index (χ0) is 26.9. The van der Waals surface area contributed by atoms with Gasteiger partial charge in [-0.2, -0.15) is 5.10 Å². The summed E-state index contributed by atoms with van der Waals surface area (Å²) in [6.07, 6.45) is 3.32. The number of carbonyl (C=O) groups excluding carboxylic acids is 1. The van der Waals surface area contributed by atoms with E-state index in [9.17, 15) is 4.79 Å². The second kappa shape index (κ2) is 12.8. The zero-order valence-corrected chi connectivity index (χ0v) is 22.4. The number of fused-ring (bicyclic) bond motifs is 1. The molecule has 0 bridgehead atoms. The highest BCUT2D eigenvalue weighted by Crippen LogP contribution is 2.26. The summed E-state index contributed by atoms with van der Waals surface area (Å²) in [5.41, 5.74) is 4.32. The number of ether oxygens (including phenoxy) is 2. The van der Waals surface area contributed by atoms with E-state index in [0.717, 1.165) is 22.3 Å². The number of anilines is 1. The van der Waals surface area contributed by atoms with Crippen LogP contribution in [0.5, 0.6) is 11.5 Å². The smallest absolute Gasteiger partial charge is 0.253 e. The van der Waals surface area contributed by atoms with Gasteiger partial charge in [0.15, 0.2) is 11.0 Å². The Hall–Kier alpha value is -4.31. The van der Waals surface area contributed by atoms with Crippen molar-refractivity contribution in [3.8, 4) is 11.5 Å². The molecule has 4 aromatic rings. The average Bonchev–Trinajstić information content (AvgIpc) is 3.32. The van der Waals surface area contributed by atoms with Gasteiger partial charge in [0.2, 0.25) is 0 Å². The number of hydrogen-bond acceptors (Lipinski definition) is 8. The Balaban J connectivity index is 1.40. The fraction of sp³-hybridized carbons (Fsp3) is 0.214. The number of nitrogens with zero attached hydrogens (tertiary/aromatic N) is 4. The molecule has 1 aromatic heterocycles. The normalized spacial score (nSPS) is 11.9. The predicted octanol–water partition coefficient (Wildman–Crippen LogP) is 4.88. The highest BCUT2D eigenvalue weighted by molar-refractivity contribution is 8.00. The summed E-state index contributed by atoms with van der Waals surface area (Å²) in [4.78, 5) is 12.7. The summed E-state index contributed by atoms with van der Waals surface area (Å²) >= 11 is 1.31. The van der Waals surface area contributed by atoms with Crippen molar-refractivity contribution in [3.63, 3.8) is 0 Å². The van der Waals surface area contributed by atoms with E-state index >= 15 is 0 Å². The van der Waals surface area contributed by atoms with Crippen molar-refractivity contribution in [1.29, 1.82) is 0 Å². The van der Waals surface area contributed by atoms with E-state index in [4.69, 9.17) is 9.47 Å². The van der Waals surface area contributed by atoms with Crippen LogP contribution in [0.1, 0.15) is 18.3 Å². The number of carbonyl (C=O) groups is 1. The summed E-state index contributed by atoms with van der Waals surface area (Å²) in [6, 6.07) is 19.7. The standard InChI is InChI=1S/C28H30N6O3S/c1-5-15-34-26(18-29-24-12-8-10-20-9-6-7-11-23(20)24)31-33-28(34)38-19(2)27(35)32-30-17-21-13-14-22(36-3)16-25(21)37-4/h5-14,16-17,19,29H,1,15,18H2,2-4H3,(H,32,35)/b30-17+. The van der Waals surface area contributed by atoms with E-state index in [-0.39, 0.29) is 5.91 Å². The van der Waals surface area contributed by atoms with Crippen molar-refractivity contribution in [3.05, 3.63) is 84.7 Å². The Kier molecular flexibility index (Phi) is 8.99. The molecular weight excluding hydrogens is 500 g/mol. The van der Waals surface area contributed by atoms with E-state index in [2.05, 4.69) is 50.8 Å². The maximum atomic E-state index is 12.7. The Bertz CT molecular complexity index is 1450. The van der Waals surface area contributed by atoms with Crippen molar-refractivity contribution in [2.75, 3.05) is 19.5 Å². The van der Waals surface area contributed by atoms with Gasteiger partial charge in [0.1, 0.15) is 11.5 Å².